The van der Waals surface area contributed by atoms with Crippen molar-refractivity contribution in [1.82, 2.24) is 0 Å². The molecule has 0 aromatic heterocycles. The fourth-order valence-electron chi connectivity index (χ4n) is 3.26. The van der Waals surface area contributed by atoms with Crippen molar-refractivity contribution < 1.29 is 30.3 Å². The molecule has 0 amide bonds. The normalized spacial score (nSPS) is 17.6. The number of benzene rings is 2. The zero-order valence-corrected chi connectivity index (χ0v) is 16.1. The van der Waals surface area contributed by atoms with E-state index in [0.717, 1.165) is 5.56 Å². The molecule has 29 heavy (non-hydrogen) atoms. The lowest BCUT2D eigenvalue weighted by Gasteiger charge is -2.37. The first-order valence-corrected chi connectivity index (χ1v) is 9.46. The fraction of sp³-hybridized carbons (Fsp3) is 0.348. The van der Waals surface area contributed by atoms with Crippen LogP contribution < -0.4 is 0 Å². The molecule has 0 radical (unpaired) electrons. The van der Waals surface area contributed by atoms with Gasteiger partial charge in [0.15, 0.2) is 11.4 Å². The topological polar surface area (TPSA) is 118 Å². The summed E-state index contributed by atoms with van der Waals surface area (Å²) in [6.45, 7) is 3.47. The van der Waals surface area contributed by atoms with E-state index in [1.807, 2.05) is 0 Å². The number of ketones is 1. The van der Waals surface area contributed by atoms with Crippen LogP contribution in [0.25, 0.3) is 0 Å². The van der Waals surface area contributed by atoms with Gasteiger partial charge < -0.3 is 25.5 Å². The summed E-state index contributed by atoms with van der Waals surface area (Å²) >= 11 is 0. The van der Waals surface area contributed by atoms with Crippen molar-refractivity contribution >= 4 is 5.78 Å². The van der Waals surface area contributed by atoms with Crippen LogP contribution in [-0.4, -0.2) is 61.3 Å². The maximum atomic E-state index is 12.6. The molecule has 2 aromatic rings. The Balaban J connectivity index is 2.20. The first-order chi connectivity index (χ1) is 13.8. The van der Waals surface area contributed by atoms with Gasteiger partial charge in [0, 0.05) is 19.3 Å². The Hall–Kier alpha value is -2.35. The lowest BCUT2D eigenvalue weighted by molar-refractivity contribution is -0.179. The minimum atomic E-state index is -2.36. The molecule has 6 nitrogen and oxygen atoms in total. The van der Waals surface area contributed by atoms with Crippen LogP contribution in [0.15, 0.2) is 73.3 Å². The van der Waals surface area contributed by atoms with Crippen LogP contribution in [0.4, 0.5) is 0 Å². The predicted octanol–water partition coefficient (Wildman–Crippen LogP) is 0.792. The predicted molar refractivity (Wildman–Crippen MR) is 109 cm³/mol. The van der Waals surface area contributed by atoms with Gasteiger partial charge in [-0.3, -0.25) is 4.79 Å². The molecule has 0 spiro atoms. The van der Waals surface area contributed by atoms with Gasteiger partial charge in [0.2, 0.25) is 0 Å². The van der Waals surface area contributed by atoms with Crippen LogP contribution >= 0.6 is 0 Å². The molecular formula is C23H28O6. The third-order valence-electron chi connectivity index (χ3n) is 4.97. The molecule has 0 saturated heterocycles. The highest BCUT2D eigenvalue weighted by Crippen LogP contribution is 2.25. The van der Waals surface area contributed by atoms with E-state index in [4.69, 9.17) is 0 Å². The molecular weight excluding hydrogens is 372 g/mol. The number of rotatable bonds is 11. The first-order valence-electron chi connectivity index (χ1n) is 9.46. The van der Waals surface area contributed by atoms with Gasteiger partial charge in [-0.1, -0.05) is 66.7 Å². The second kappa shape index (κ2) is 10.4. The Kier molecular flexibility index (Phi) is 8.25. The lowest BCUT2D eigenvalue weighted by Crippen LogP contribution is -2.60. The van der Waals surface area contributed by atoms with Crippen molar-refractivity contribution in [2.24, 2.45) is 0 Å². The molecule has 1 unspecified atom stereocenters. The van der Waals surface area contributed by atoms with Crippen LogP contribution in [-0.2, 0) is 17.6 Å². The number of hydrogen-bond donors (Lipinski definition) is 5. The van der Waals surface area contributed by atoms with Gasteiger partial charge in [-0.15, -0.1) is 6.58 Å². The van der Waals surface area contributed by atoms with Crippen molar-refractivity contribution in [3.63, 3.8) is 0 Å². The third kappa shape index (κ3) is 5.82. The van der Waals surface area contributed by atoms with E-state index < -0.39 is 35.8 Å². The van der Waals surface area contributed by atoms with Crippen molar-refractivity contribution in [1.29, 1.82) is 0 Å². The Bertz CT molecular complexity index is 778. The fourth-order valence-corrected chi connectivity index (χ4v) is 3.26. The molecule has 0 aliphatic carbocycles. The quantitative estimate of drug-likeness (QED) is 0.356. The van der Waals surface area contributed by atoms with Gasteiger partial charge in [-0.25, -0.2) is 0 Å². The molecule has 0 aliphatic rings. The molecule has 0 saturated carbocycles. The minimum Gasteiger partial charge on any atom is -0.390 e. The van der Waals surface area contributed by atoms with Gasteiger partial charge in [0.25, 0.3) is 0 Å². The van der Waals surface area contributed by atoms with E-state index in [9.17, 15) is 30.3 Å². The summed E-state index contributed by atoms with van der Waals surface area (Å²) in [6.07, 6.45) is -6.31. The second-order valence-electron chi connectivity index (χ2n) is 7.19. The lowest BCUT2D eigenvalue weighted by atomic mass is 9.79. The zero-order valence-electron chi connectivity index (χ0n) is 16.1. The van der Waals surface area contributed by atoms with E-state index in [1.165, 1.54) is 6.08 Å². The van der Waals surface area contributed by atoms with Crippen LogP contribution in [0.3, 0.4) is 0 Å². The third-order valence-corrected chi connectivity index (χ3v) is 4.97. The summed E-state index contributed by atoms with van der Waals surface area (Å²) in [6, 6.07) is 17.4. The van der Waals surface area contributed by atoms with Gasteiger partial charge in [0.05, 0.1) is 6.10 Å². The highest BCUT2D eigenvalue weighted by atomic mass is 16.4. The average Bonchev–Trinajstić information content (AvgIpc) is 2.73. The van der Waals surface area contributed by atoms with Gasteiger partial charge in [-0.2, -0.15) is 0 Å². The Morgan fingerprint density at radius 1 is 0.897 bits per heavy atom. The largest absolute Gasteiger partial charge is 0.390 e. The summed E-state index contributed by atoms with van der Waals surface area (Å²) in [4.78, 5) is 12.6. The number of Topliss-reactive ketones (excluding diaryl/α,β-unsaturated/α-hetero) is 1. The molecule has 5 atom stereocenters. The molecule has 2 aromatic carbocycles. The van der Waals surface area contributed by atoms with Crippen LogP contribution in [0.2, 0.25) is 0 Å². The van der Waals surface area contributed by atoms with E-state index in [1.54, 1.807) is 60.7 Å². The Labute approximate surface area is 170 Å². The van der Waals surface area contributed by atoms with E-state index in [0.29, 0.717) is 5.56 Å². The number of carbonyl (C=O) groups is 1. The second-order valence-corrected chi connectivity index (χ2v) is 7.19. The minimum absolute atomic E-state index is 0.0313. The summed E-state index contributed by atoms with van der Waals surface area (Å²) < 4.78 is 0. The number of aliphatic hydroxyl groups is 5. The van der Waals surface area contributed by atoms with Crippen molar-refractivity contribution in [2.45, 2.75) is 49.3 Å². The number of aliphatic hydroxyl groups excluding tert-OH is 4. The standard InChI is InChI=1S/C23H28O6/c1-2-9-19(25)23(29,15-17-12-7-4-8-13-17)22(28)21(27)20(26)18(24)14-16-10-5-3-6-11-16/h2-8,10-13,18,20-22,24,26-29H,1,9,14-15H2/t18?,20-,21+,22+,23+/m1/s1. The molecule has 0 aliphatic heterocycles. The molecule has 6 heteroatoms. The molecule has 0 heterocycles. The number of carbonyl (C=O) groups excluding carboxylic acids is 1. The Morgan fingerprint density at radius 2 is 1.41 bits per heavy atom. The average molecular weight is 400 g/mol. The zero-order chi connectivity index (χ0) is 21.4. The van der Waals surface area contributed by atoms with Crippen molar-refractivity contribution in [3.8, 4) is 0 Å². The summed E-state index contributed by atoms with van der Waals surface area (Å²) in [5, 5.41) is 52.8. The van der Waals surface area contributed by atoms with Gasteiger partial charge in [0.1, 0.15) is 18.3 Å². The van der Waals surface area contributed by atoms with Crippen LogP contribution in [0.5, 0.6) is 0 Å². The SMILES string of the molecule is C=CCC(=O)[C@@](O)(Cc1ccccc1)[C@@H](O)[C@@H](O)[C@H](O)C(O)Cc1ccccc1. The molecule has 0 bridgehead atoms. The van der Waals surface area contributed by atoms with Crippen LogP contribution in [0, 0.1) is 0 Å². The van der Waals surface area contributed by atoms with E-state index >= 15 is 0 Å². The maximum Gasteiger partial charge on any atom is 0.171 e. The van der Waals surface area contributed by atoms with E-state index in [-0.39, 0.29) is 19.3 Å². The number of allylic oxidation sites excluding steroid dienone is 1. The highest BCUT2D eigenvalue weighted by molar-refractivity contribution is 5.89. The molecule has 5 N–H and O–H groups in total. The Morgan fingerprint density at radius 3 is 1.93 bits per heavy atom. The summed E-state index contributed by atoms with van der Waals surface area (Å²) in [5.41, 5.74) is -1.07. The maximum absolute atomic E-state index is 12.6. The summed E-state index contributed by atoms with van der Waals surface area (Å²) in [5.74, 6) is -0.743. The molecule has 156 valence electrons. The number of hydrogen-bond acceptors (Lipinski definition) is 6. The summed E-state index contributed by atoms with van der Waals surface area (Å²) in [7, 11) is 0. The van der Waals surface area contributed by atoms with Crippen LogP contribution in [0.1, 0.15) is 17.5 Å². The first kappa shape index (κ1) is 22.9. The smallest absolute Gasteiger partial charge is 0.171 e. The van der Waals surface area contributed by atoms with Gasteiger partial charge >= 0.3 is 0 Å². The molecule has 0 fully saturated rings. The van der Waals surface area contributed by atoms with E-state index in [2.05, 4.69) is 6.58 Å². The molecule has 2 rings (SSSR count). The van der Waals surface area contributed by atoms with Crippen molar-refractivity contribution in [2.75, 3.05) is 0 Å². The van der Waals surface area contributed by atoms with Crippen molar-refractivity contribution in [3.05, 3.63) is 84.4 Å². The highest BCUT2D eigenvalue weighted by Gasteiger charge is 2.48. The monoisotopic (exact) mass is 400 g/mol. The van der Waals surface area contributed by atoms with Gasteiger partial charge in [-0.05, 0) is 11.1 Å².